The fourth-order valence-corrected chi connectivity index (χ4v) is 2.64. The third-order valence-corrected chi connectivity index (χ3v) is 3.94. The number of benzene rings is 1. The number of hydrazine groups is 1. The van der Waals surface area contributed by atoms with E-state index in [9.17, 15) is 4.39 Å². The molecule has 2 rings (SSSR count). The molecule has 96 valence electrons. The Morgan fingerprint density at radius 2 is 2.33 bits per heavy atom. The lowest BCUT2D eigenvalue weighted by molar-refractivity contribution is 0.556. The van der Waals surface area contributed by atoms with E-state index in [2.05, 4.69) is 15.0 Å². The van der Waals surface area contributed by atoms with E-state index in [1.165, 1.54) is 23.7 Å². The van der Waals surface area contributed by atoms with Gasteiger partial charge in [0.25, 0.3) is 0 Å². The average molecular weight is 287 g/mol. The third kappa shape index (κ3) is 2.84. The second-order valence-corrected chi connectivity index (χ2v) is 5.07. The number of nitrogens with two attached hydrogens (primary N) is 1. The molecule has 4 nitrogen and oxygen atoms in total. The van der Waals surface area contributed by atoms with Crippen molar-refractivity contribution in [2.45, 2.75) is 19.4 Å². The highest BCUT2D eigenvalue weighted by atomic mass is 35.5. The number of nitrogens with zero attached hydrogens (tertiary/aromatic N) is 2. The smallest absolute Gasteiger partial charge is 0.124 e. The number of hydrogen-bond donors (Lipinski definition) is 2. The van der Waals surface area contributed by atoms with Gasteiger partial charge >= 0.3 is 0 Å². The van der Waals surface area contributed by atoms with Crippen molar-refractivity contribution in [2.75, 3.05) is 0 Å². The zero-order valence-electron chi connectivity index (χ0n) is 9.65. The molecule has 0 spiro atoms. The van der Waals surface area contributed by atoms with Crippen molar-refractivity contribution in [3.05, 3.63) is 45.2 Å². The van der Waals surface area contributed by atoms with Gasteiger partial charge in [0.05, 0.1) is 16.6 Å². The molecule has 0 aliphatic carbocycles. The number of halogens is 2. The van der Waals surface area contributed by atoms with Gasteiger partial charge in [-0.15, -0.1) is 5.10 Å². The van der Waals surface area contributed by atoms with Gasteiger partial charge in [-0.05, 0) is 42.6 Å². The van der Waals surface area contributed by atoms with E-state index in [0.717, 1.165) is 16.1 Å². The first-order valence-corrected chi connectivity index (χ1v) is 6.46. The number of nitrogens with one attached hydrogen (secondary N) is 1. The minimum Gasteiger partial charge on any atom is -0.271 e. The van der Waals surface area contributed by atoms with Gasteiger partial charge in [-0.2, -0.15) is 0 Å². The summed E-state index contributed by atoms with van der Waals surface area (Å²) in [6.45, 7) is 1.87. The molecule has 0 radical (unpaired) electrons. The molecule has 0 aliphatic rings. The monoisotopic (exact) mass is 286 g/mol. The lowest BCUT2D eigenvalue weighted by Gasteiger charge is -2.15. The minimum absolute atomic E-state index is 0.132. The minimum atomic E-state index is -0.350. The fraction of sp³-hybridized carbons (Fsp3) is 0.273. The van der Waals surface area contributed by atoms with Crippen LogP contribution in [0.3, 0.4) is 0 Å². The van der Waals surface area contributed by atoms with Gasteiger partial charge in [0.1, 0.15) is 5.82 Å². The van der Waals surface area contributed by atoms with Crippen molar-refractivity contribution in [1.82, 2.24) is 15.0 Å². The maximum Gasteiger partial charge on any atom is 0.124 e. The molecule has 1 unspecified atom stereocenters. The molecule has 0 aliphatic heterocycles. The first-order chi connectivity index (χ1) is 8.61. The Morgan fingerprint density at radius 3 is 2.89 bits per heavy atom. The van der Waals surface area contributed by atoms with E-state index in [4.69, 9.17) is 17.4 Å². The molecule has 2 aromatic rings. The van der Waals surface area contributed by atoms with Crippen molar-refractivity contribution in [3.8, 4) is 0 Å². The van der Waals surface area contributed by atoms with E-state index in [0.29, 0.717) is 11.4 Å². The Labute approximate surface area is 113 Å². The summed E-state index contributed by atoms with van der Waals surface area (Å²) in [5, 5.41) is 4.34. The summed E-state index contributed by atoms with van der Waals surface area (Å²) >= 11 is 7.29. The fourth-order valence-electron chi connectivity index (χ4n) is 1.69. The van der Waals surface area contributed by atoms with Crippen LogP contribution in [0.15, 0.2) is 18.2 Å². The van der Waals surface area contributed by atoms with Crippen LogP contribution in [0.2, 0.25) is 5.02 Å². The number of aromatic nitrogens is 2. The molecule has 1 aromatic heterocycles. The zero-order valence-corrected chi connectivity index (χ0v) is 11.2. The van der Waals surface area contributed by atoms with E-state index < -0.39 is 0 Å². The molecule has 0 saturated carbocycles. The van der Waals surface area contributed by atoms with Crippen LogP contribution in [0.4, 0.5) is 4.39 Å². The molecular formula is C11H12ClFN4S. The summed E-state index contributed by atoms with van der Waals surface area (Å²) in [4.78, 5) is 0.956. The van der Waals surface area contributed by atoms with E-state index in [-0.39, 0.29) is 11.9 Å². The average Bonchev–Trinajstić information content (AvgIpc) is 2.75. The van der Waals surface area contributed by atoms with Gasteiger partial charge in [-0.1, -0.05) is 22.2 Å². The van der Waals surface area contributed by atoms with Crippen LogP contribution in [-0.4, -0.2) is 9.59 Å². The lowest BCUT2D eigenvalue weighted by atomic mass is 10.0. The summed E-state index contributed by atoms with van der Waals surface area (Å²) in [5.74, 6) is 5.19. The summed E-state index contributed by atoms with van der Waals surface area (Å²) in [5.41, 5.74) is 4.38. The molecule has 0 bridgehead atoms. The highest BCUT2D eigenvalue weighted by Gasteiger charge is 2.17. The zero-order chi connectivity index (χ0) is 13.1. The Balaban J connectivity index is 2.23. The van der Waals surface area contributed by atoms with Crippen molar-refractivity contribution in [3.63, 3.8) is 0 Å². The van der Waals surface area contributed by atoms with Crippen LogP contribution < -0.4 is 11.3 Å². The predicted octanol–water partition coefficient (Wildman–Crippen LogP) is 2.39. The van der Waals surface area contributed by atoms with Gasteiger partial charge in [0.15, 0.2) is 0 Å². The Hall–Kier alpha value is -1.08. The molecule has 0 saturated heterocycles. The van der Waals surface area contributed by atoms with Gasteiger partial charge in [-0.25, -0.2) is 4.39 Å². The maximum atomic E-state index is 13.0. The van der Waals surface area contributed by atoms with Gasteiger partial charge < -0.3 is 0 Å². The van der Waals surface area contributed by atoms with Crippen LogP contribution in [0.5, 0.6) is 0 Å². The SMILES string of the molecule is Cc1nnsc1C(Cc1ccc(F)cc1Cl)NN. The number of rotatable bonds is 4. The van der Waals surface area contributed by atoms with Crippen LogP contribution in [0.1, 0.15) is 22.2 Å². The molecule has 18 heavy (non-hydrogen) atoms. The molecule has 1 atom stereocenters. The summed E-state index contributed by atoms with van der Waals surface area (Å²) in [6, 6.07) is 4.20. The van der Waals surface area contributed by atoms with Crippen molar-refractivity contribution in [1.29, 1.82) is 0 Å². The second kappa shape index (κ2) is 5.71. The first-order valence-electron chi connectivity index (χ1n) is 5.30. The predicted molar refractivity (Wildman–Crippen MR) is 69.8 cm³/mol. The Morgan fingerprint density at radius 1 is 1.56 bits per heavy atom. The second-order valence-electron chi connectivity index (χ2n) is 3.88. The number of hydrogen-bond acceptors (Lipinski definition) is 5. The standard InChI is InChI=1S/C11H12ClFN4S/c1-6-11(18-17-16-6)10(15-14)4-7-2-3-8(13)5-9(7)12/h2-3,5,10,15H,4,14H2,1H3. The maximum absolute atomic E-state index is 13.0. The quantitative estimate of drug-likeness (QED) is 0.669. The molecule has 0 amide bonds. The van der Waals surface area contributed by atoms with E-state index >= 15 is 0 Å². The van der Waals surface area contributed by atoms with Gasteiger partial charge in [0.2, 0.25) is 0 Å². The summed E-state index contributed by atoms with van der Waals surface area (Å²) in [7, 11) is 0. The largest absolute Gasteiger partial charge is 0.271 e. The Kier molecular flexibility index (Phi) is 4.23. The van der Waals surface area contributed by atoms with Crippen molar-refractivity contribution in [2.24, 2.45) is 5.84 Å². The third-order valence-electron chi connectivity index (χ3n) is 2.64. The van der Waals surface area contributed by atoms with E-state index in [1.54, 1.807) is 6.07 Å². The van der Waals surface area contributed by atoms with Crippen LogP contribution in [0.25, 0.3) is 0 Å². The normalized spacial score (nSPS) is 12.7. The van der Waals surface area contributed by atoms with Gasteiger partial charge in [-0.3, -0.25) is 11.3 Å². The first kappa shape index (κ1) is 13.4. The van der Waals surface area contributed by atoms with Crippen molar-refractivity contribution >= 4 is 23.1 Å². The lowest BCUT2D eigenvalue weighted by Crippen LogP contribution is -2.29. The molecule has 3 N–H and O–H groups in total. The van der Waals surface area contributed by atoms with Crippen LogP contribution in [-0.2, 0) is 6.42 Å². The number of aryl methyl sites for hydroxylation is 1. The molecular weight excluding hydrogens is 275 g/mol. The van der Waals surface area contributed by atoms with Crippen LogP contribution in [0, 0.1) is 12.7 Å². The van der Waals surface area contributed by atoms with Gasteiger partial charge in [0, 0.05) is 5.02 Å². The molecule has 1 aromatic carbocycles. The highest BCUT2D eigenvalue weighted by Crippen LogP contribution is 2.26. The summed E-state index contributed by atoms with van der Waals surface area (Å²) < 4.78 is 16.8. The Bertz CT molecular complexity index is 546. The van der Waals surface area contributed by atoms with E-state index in [1.807, 2.05) is 6.92 Å². The molecule has 1 heterocycles. The summed E-state index contributed by atoms with van der Waals surface area (Å²) in [6.07, 6.45) is 0.556. The van der Waals surface area contributed by atoms with Crippen LogP contribution >= 0.6 is 23.1 Å². The molecule has 0 fully saturated rings. The van der Waals surface area contributed by atoms with Crippen molar-refractivity contribution < 1.29 is 4.39 Å². The highest BCUT2D eigenvalue weighted by molar-refractivity contribution is 7.05. The topological polar surface area (TPSA) is 63.8 Å². The molecule has 7 heteroatoms.